The van der Waals surface area contributed by atoms with Gasteiger partial charge in [-0.2, -0.15) is 0 Å². The van der Waals surface area contributed by atoms with Gasteiger partial charge in [-0.05, 0) is 71.3 Å². The van der Waals surface area contributed by atoms with Gasteiger partial charge >= 0.3 is 0 Å². The number of thioether (sulfide) groups is 1. The largest absolute Gasteiger partial charge is 0.321 e. The van der Waals surface area contributed by atoms with E-state index in [4.69, 9.17) is 23.2 Å². The summed E-state index contributed by atoms with van der Waals surface area (Å²) in [5.41, 5.74) is 3.29. The van der Waals surface area contributed by atoms with Crippen molar-refractivity contribution in [1.29, 1.82) is 0 Å². The molecule has 0 aliphatic heterocycles. The minimum atomic E-state index is -0.490. The molecule has 6 aromatic rings. The lowest BCUT2D eigenvalue weighted by molar-refractivity contribution is -0.116. The first kappa shape index (κ1) is 34.9. The third kappa shape index (κ3) is 8.61. The molecule has 0 aliphatic carbocycles. The van der Waals surface area contributed by atoms with Crippen molar-refractivity contribution in [2.75, 3.05) is 10.6 Å². The molecule has 0 aliphatic rings. The van der Waals surface area contributed by atoms with Crippen molar-refractivity contribution in [2.24, 2.45) is 0 Å². The Morgan fingerprint density at radius 1 is 0.840 bits per heavy atom. The van der Waals surface area contributed by atoms with E-state index in [0.717, 1.165) is 26.8 Å². The Hall–Kier alpha value is -4.93. The molecular formula is C39H30Cl2N4O3S2. The molecule has 0 saturated heterocycles. The number of aromatic nitrogens is 1. The van der Waals surface area contributed by atoms with Gasteiger partial charge in [-0.3, -0.25) is 14.4 Å². The van der Waals surface area contributed by atoms with E-state index in [2.05, 4.69) is 20.9 Å². The number of thiazole rings is 1. The van der Waals surface area contributed by atoms with Crippen molar-refractivity contribution in [3.63, 3.8) is 0 Å². The average Bonchev–Trinajstić information content (AvgIpc) is 3.60. The first-order chi connectivity index (χ1) is 24.3. The Morgan fingerprint density at radius 2 is 1.60 bits per heavy atom. The fraction of sp³-hybridized carbons (Fsp3) is 0.0769. The normalized spacial score (nSPS) is 11.9. The van der Waals surface area contributed by atoms with Crippen molar-refractivity contribution < 1.29 is 14.4 Å². The summed E-state index contributed by atoms with van der Waals surface area (Å²) in [5.74, 6) is -1.08. The zero-order valence-electron chi connectivity index (χ0n) is 26.7. The Labute approximate surface area is 307 Å². The van der Waals surface area contributed by atoms with E-state index in [0.29, 0.717) is 38.5 Å². The van der Waals surface area contributed by atoms with Gasteiger partial charge < -0.3 is 16.0 Å². The molecule has 1 unspecified atom stereocenters. The number of nitrogens with one attached hydrogen (secondary N) is 3. The average molecular weight is 738 g/mol. The number of halogens is 2. The highest BCUT2D eigenvalue weighted by molar-refractivity contribution is 8.00. The van der Waals surface area contributed by atoms with E-state index in [-0.39, 0.29) is 11.6 Å². The topological polar surface area (TPSA) is 100 Å². The minimum Gasteiger partial charge on any atom is -0.321 e. The summed E-state index contributed by atoms with van der Waals surface area (Å²) in [6.45, 7) is 1.94. The highest BCUT2D eigenvalue weighted by Gasteiger charge is 2.21. The van der Waals surface area contributed by atoms with Crippen molar-refractivity contribution in [1.82, 2.24) is 10.3 Å². The molecule has 7 nitrogen and oxygen atoms in total. The summed E-state index contributed by atoms with van der Waals surface area (Å²) in [6, 6.07) is 34.9. The lowest BCUT2D eigenvalue weighted by Crippen LogP contribution is -2.30. The molecule has 0 radical (unpaired) electrons. The van der Waals surface area contributed by atoms with Crippen LogP contribution in [0.4, 0.5) is 10.8 Å². The Kier molecular flexibility index (Phi) is 11.3. The molecule has 5 aromatic carbocycles. The van der Waals surface area contributed by atoms with Gasteiger partial charge in [0.05, 0.1) is 21.0 Å². The van der Waals surface area contributed by atoms with Gasteiger partial charge in [-0.25, -0.2) is 4.98 Å². The maximum Gasteiger partial charge on any atom is 0.272 e. The highest BCUT2D eigenvalue weighted by Crippen LogP contribution is 2.32. The molecule has 3 amide bonds. The number of nitrogens with zero attached hydrogens (tertiary/aromatic N) is 1. The summed E-state index contributed by atoms with van der Waals surface area (Å²) in [6.07, 6.45) is 2.24. The molecule has 1 heterocycles. The molecule has 0 bridgehead atoms. The summed E-state index contributed by atoms with van der Waals surface area (Å²) in [7, 11) is 0. The second kappa shape index (κ2) is 16.2. The predicted octanol–water partition coefficient (Wildman–Crippen LogP) is 10.2. The van der Waals surface area contributed by atoms with E-state index in [1.165, 1.54) is 23.1 Å². The molecule has 3 N–H and O–H groups in total. The molecule has 0 saturated carbocycles. The maximum absolute atomic E-state index is 13.8. The van der Waals surface area contributed by atoms with Crippen LogP contribution in [0.15, 0.2) is 131 Å². The van der Waals surface area contributed by atoms with Crippen LogP contribution in [0.1, 0.15) is 29.3 Å². The Bertz CT molecular complexity index is 2220. The fourth-order valence-corrected chi connectivity index (χ4v) is 7.15. The van der Waals surface area contributed by atoms with E-state index >= 15 is 0 Å². The molecule has 11 heteroatoms. The first-order valence-corrected chi connectivity index (χ1v) is 18.1. The quantitative estimate of drug-likeness (QED) is 0.0908. The maximum atomic E-state index is 13.8. The minimum absolute atomic E-state index is 0.0859. The molecule has 0 fully saturated rings. The van der Waals surface area contributed by atoms with Gasteiger partial charge in [0, 0.05) is 27.1 Å². The van der Waals surface area contributed by atoms with Crippen LogP contribution in [0.2, 0.25) is 10.0 Å². The van der Waals surface area contributed by atoms with Gasteiger partial charge in [0.25, 0.3) is 11.8 Å². The number of anilines is 2. The van der Waals surface area contributed by atoms with Crippen LogP contribution < -0.4 is 16.0 Å². The smallest absolute Gasteiger partial charge is 0.272 e. The number of benzene rings is 5. The van der Waals surface area contributed by atoms with Crippen LogP contribution in [0.25, 0.3) is 28.1 Å². The number of amides is 3. The van der Waals surface area contributed by atoms with E-state index in [1.54, 1.807) is 54.6 Å². The van der Waals surface area contributed by atoms with Crippen LogP contribution in [0.5, 0.6) is 0 Å². The van der Waals surface area contributed by atoms with Gasteiger partial charge in [-0.1, -0.05) is 103 Å². The van der Waals surface area contributed by atoms with Crippen molar-refractivity contribution in [3.05, 3.63) is 148 Å². The molecule has 50 heavy (non-hydrogen) atoms. The standard InChI is InChI=1S/C39H30Cl2N4O3S2/c1-2-35(38(48)45-39-44-34(23-49-39)27-18-19-31(40)32(41)20-27)50-29-16-9-15-28(22-29)42-37(47)33(43-36(46)25-11-4-3-5-12-25)21-26-14-8-13-24-10-6-7-17-30(24)26/h3-23,35H,2H2,1H3,(H,42,47)(H,43,46)(H,44,45,48)/b33-21+. The van der Waals surface area contributed by atoms with Crippen LogP contribution in [-0.2, 0) is 9.59 Å². The number of fused-ring (bicyclic) bond motifs is 1. The summed E-state index contributed by atoms with van der Waals surface area (Å²) in [4.78, 5) is 45.6. The molecule has 1 atom stereocenters. The number of carbonyl (C=O) groups excluding carboxylic acids is 3. The van der Waals surface area contributed by atoms with E-state index in [9.17, 15) is 14.4 Å². The van der Waals surface area contributed by atoms with Crippen LogP contribution in [-0.4, -0.2) is 28.0 Å². The van der Waals surface area contributed by atoms with Gasteiger partial charge in [0.2, 0.25) is 5.91 Å². The Balaban J connectivity index is 1.17. The lowest BCUT2D eigenvalue weighted by Gasteiger charge is -2.15. The molecule has 250 valence electrons. The first-order valence-electron chi connectivity index (χ1n) is 15.6. The monoisotopic (exact) mass is 736 g/mol. The second-order valence-electron chi connectivity index (χ2n) is 11.1. The molecule has 0 spiro atoms. The van der Waals surface area contributed by atoms with Crippen molar-refractivity contribution in [3.8, 4) is 11.3 Å². The van der Waals surface area contributed by atoms with Gasteiger partial charge in [0.15, 0.2) is 5.13 Å². The van der Waals surface area contributed by atoms with Crippen LogP contribution in [0, 0.1) is 0 Å². The number of carbonyl (C=O) groups is 3. The predicted molar refractivity (Wildman–Crippen MR) is 207 cm³/mol. The zero-order valence-corrected chi connectivity index (χ0v) is 29.8. The van der Waals surface area contributed by atoms with Gasteiger partial charge in [-0.15, -0.1) is 23.1 Å². The third-order valence-corrected chi connectivity index (χ3v) is 10.5. The van der Waals surface area contributed by atoms with Crippen LogP contribution >= 0.6 is 46.3 Å². The summed E-state index contributed by atoms with van der Waals surface area (Å²) in [5, 5.41) is 13.4. The van der Waals surface area contributed by atoms with E-state index < -0.39 is 17.1 Å². The third-order valence-electron chi connectivity index (χ3n) is 7.64. The van der Waals surface area contributed by atoms with Crippen molar-refractivity contribution >= 4 is 91.7 Å². The molecule has 1 aromatic heterocycles. The van der Waals surface area contributed by atoms with Crippen LogP contribution in [0.3, 0.4) is 0 Å². The molecular weight excluding hydrogens is 707 g/mol. The van der Waals surface area contributed by atoms with Crippen molar-refractivity contribution in [2.45, 2.75) is 23.5 Å². The zero-order chi connectivity index (χ0) is 35.0. The highest BCUT2D eigenvalue weighted by atomic mass is 35.5. The second-order valence-corrected chi connectivity index (χ2v) is 14.0. The lowest BCUT2D eigenvalue weighted by atomic mass is 10.0. The summed E-state index contributed by atoms with van der Waals surface area (Å²) >= 11 is 14.9. The number of hydrogen-bond donors (Lipinski definition) is 3. The van der Waals surface area contributed by atoms with Gasteiger partial charge in [0.1, 0.15) is 5.70 Å². The fourth-order valence-electron chi connectivity index (χ4n) is 5.11. The summed E-state index contributed by atoms with van der Waals surface area (Å²) < 4.78 is 0. The molecule has 6 rings (SSSR count). The van der Waals surface area contributed by atoms with E-state index in [1.807, 2.05) is 79.0 Å². The number of hydrogen-bond acceptors (Lipinski definition) is 6. The Morgan fingerprint density at radius 3 is 2.40 bits per heavy atom. The SMILES string of the molecule is CCC(Sc1cccc(NC(=O)/C(=C\c2cccc3ccccc23)NC(=O)c2ccccc2)c1)C(=O)Nc1nc(-c2ccc(Cl)c(Cl)c2)cs1. The number of rotatable bonds is 11.